The maximum absolute atomic E-state index is 9.71. The summed E-state index contributed by atoms with van der Waals surface area (Å²) in [5.41, 5.74) is 0. The van der Waals surface area contributed by atoms with Crippen LogP contribution in [0.5, 0.6) is 0 Å². The smallest absolute Gasteiger partial charge is 0.192 e. The van der Waals surface area contributed by atoms with E-state index in [0.717, 1.165) is 0 Å². The summed E-state index contributed by atoms with van der Waals surface area (Å²) in [7, 11) is -3.64. The summed E-state index contributed by atoms with van der Waals surface area (Å²) >= 11 is 0. The molecule has 0 fully saturated rings. The van der Waals surface area contributed by atoms with Crippen molar-refractivity contribution in [3.05, 3.63) is 0 Å². The number of rotatable bonds is 8. The minimum atomic E-state index is -1.88. The number of aliphatic hydroxyl groups is 1. The summed E-state index contributed by atoms with van der Waals surface area (Å²) in [5, 5.41) is 10.1. The molecule has 0 bridgehead atoms. The molecule has 0 aromatic heterocycles. The summed E-state index contributed by atoms with van der Waals surface area (Å²) in [4.78, 5) is 0. The van der Waals surface area contributed by atoms with Crippen LogP contribution >= 0.6 is 0 Å². The van der Waals surface area contributed by atoms with Crippen molar-refractivity contribution in [2.24, 2.45) is 11.8 Å². The quantitative estimate of drug-likeness (QED) is 0.555. The van der Waals surface area contributed by atoms with Gasteiger partial charge in [-0.25, -0.2) is 0 Å². The Kier molecular flexibility index (Phi) is 8.45. The molecule has 146 valence electrons. The first-order valence-corrected chi connectivity index (χ1v) is 15.2. The molecule has 0 aromatic carbocycles. The van der Waals surface area contributed by atoms with Gasteiger partial charge < -0.3 is 14.0 Å². The van der Waals surface area contributed by atoms with Crippen LogP contribution < -0.4 is 0 Å². The first-order valence-electron chi connectivity index (χ1n) is 9.39. The van der Waals surface area contributed by atoms with Gasteiger partial charge in [0.2, 0.25) is 0 Å². The molecule has 0 aliphatic rings. The highest BCUT2D eigenvalue weighted by molar-refractivity contribution is 6.74. The van der Waals surface area contributed by atoms with Gasteiger partial charge in [-0.15, -0.1) is 0 Å². The van der Waals surface area contributed by atoms with E-state index in [4.69, 9.17) is 8.85 Å². The van der Waals surface area contributed by atoms with E-state index in [1.165, 1.54) is 0 Å². The van der Waals surface area contributed by atoms with E-state index in [-0.39, 0.29) is 34.6 Å². The normalized spacial score (nSPS) is 18.4. The largest absolute Gasteiger partial charge is 0.416 e. The lowest BCUT2D eigenvalue weighted by atomic mass is 9.95. The predicted octanol–water partition coefficient (Wildman–Crippen LogP) is 5.66. The Labute approximate surface area is 153 Å². The summed E-state index contributed by atoms with van der Waals surface area (Å²) < 4.78 is 13.1. The van der Waals surface area contributed by atoms with Gasteiger partial charge in [0.1, 0.15) is 0 Å². The lowest BCUT2D eigenvalue weighted by molar-refractivity contribution is 0.0263. The Hall–Kier alpha value is 0.314. The predicted molar refractivity (Wildman–Crippen MR) is 111 cm³/mol. The fourth-order valence-electron chi connectivity index (χ4n) is 2.07. The molecule has 0 unspecified atom stereocenters. The van der Waals surface area contributed by atoms with Gasteiger partial charge in [0.05, 0.1) is 6.10 Å². The highest BCUT2D eigenvalue weighted by atomic mass is 28.4. The van der Waals surface area contributed by atoms with Crippen LogP contribution in [-0.2, 0) is 8.85 Å². The molecule has 0 aliphatic heterocycles. The van der Waals surface area contributed by atoms with E-state index in [1.807, 2.05) is 0 Å². The van der Waals surface area contributed by atoms with Crippen molar-refractivity contribution in [3.8, 4) is 0 Å². The molecule has 0 rings (SSSR count). The zero-order valence-corrected chi connectivity index (χ0v) is 20.4. The second kappa shape index (κ2) is 8.34. The Morgan fingerprint density at radius 1 is 0.792 bits per heavy atom. The Morgan fingerprint density at radius 2 is 1.21 bits per heavy atom. The van der Waals surface area contributed by atoms with Gasteiger partial charge in [0, 0.05) is 25.0 Å². The van der Waals surface area contributed by atoms with Gasteiger partial charge in [-0.3, -0.25) is 0 Å². The van der Waals surface area contributed by atoms with Crippen LogP contribution in [0.4, 0.5) is 0 Å². The Bertz CT molecular complexity index is 381. The average Bonchev–Trinajstić information content (AvgIpc) is 2.38. The summed E-state index contributed by atoms with van der Waals surface area (Å²) in [6, 6.07) is 0. The van der Waals surface area contributed by atoms with Gasteiger partial charge in [-0.2, -0.15) is 0 Å². The highest BCUT2D eigenvalue weighted by Gasteiger charge is 2.42. The molecule has 0 saturated heterocycles. The van der Waals surface area contributed by atoms with Crippen LogP contribution in [0.2, 0.25) is 36.3 Å². The van der Waals surface area contributed by atoms with E-state index in [9.17, 15) is 5.11 Å². The fourth-order valence-corrected chi connectivity index (χ4v) is 4.68. The van der Waals surface area contributed by atoms with Crippen LogP contribution in [0, 0.1) is 11.8 Å². The van der Waals surface area contributed by atoms with Crippen molar-refractivity contribution < 1.29 is 14.0 Å². The van der Waals surface area contributed by atoms with E-state index >= 15 is 0 Å². The van der Waals surface area contributed by atoms with Gasteiger partial charge in [0.25, 0.3) is 0 Å². The molecule has 0 saturated carbocycles. The van der Waals surface area contributed by atoms with Crippen molar-refractivity contribution >= 4 is 16.6 Å². The molecular formula is C19H44O3Si2. The topological polar surface area (TPSA) is 38.7 Å². The van der Waals surface area contributed by atoms with Crippen LogP contribution in [0.3, 0.4) is 0 Å². The molecule has 24 heavy (non-hydrogen) atoms. The van der Waals surface area contributed by atoms with Crippen molar-refractivity contribution in [1.29, 1.82) is 0 Å². The van der Waals surface area contributed by atoms with Crippen LogP contribution in [0.25, 0.3) is 0 Å². The maximum Gasteiger partial charge on any atom is 0.192 e. The van der Waals surface area contributed by atoms with Crippen LogP contribution in [0.1, 0.15) is 55.4 Å². The summed E-state index contributed by atoms with van der Waals surface area (Å²) in [5.74, 6) is 0.396. The third kappa shape index (κ3) is 6.56. The van der Waals surface area contributed by atoms with Crippen molar-refractivity contribution in [1.82, 2.24) is 0 Å². The van der Waals surface area contributed by atoms with Gasteiger partial charge >= 0.3 is 0 Å². The Balaban J connectivity index is 5.15. The highest BCUT2D eigenvalue weighted by Crippen LogP contribution is 2.40. The zero-order chi connectivity index (χ0) is 19.6. The SMILES string of the molecule is C[C@H](CO)[C@@H](O[Si](C)(C)C(C)(C)C)[C@H](C)CO[Si](C)(C)C(C)(C)C. The minimum absolute atomic E-state index is 0.0423. The molecule has 0 aliphatic carbocycles. The van der Waals surface area contributed by atoms with E-state index in [0.29, 0.717) is 6.61 Å². The molecule has 0 amide bonds. The second-order valence-corrected chi connectivity index (χ2v) is 20.1. The fraction of sp³-hybridized carbons (Fsp3) is 1.00. The lowest BCUT2D eigenvalue weighted by Crippen LogP contribution is -2.49. The molecular weight excluding hydrogens is 332 g/mol. The molecule has 0 aromatic rings. The van der Waals surface area contributed by atoms with Gasteiger partial charge in [-0.1, -0.05) is 55.4 Å². The molecule has 1 N–H and O–H groups in total. The van der Waals surface area contributed by atoms with Crippen molar-refractivity contribution in [2.45, 2.75) is 97.8 Å². The second-order valence-electron chi connectivity index (χ2n) is 10.6. The van der Waals surface area contributed by atoms with E-state index in [2.05, 4.69) is 81.6 Å². The number of hydrogen-bond donors (Lipinski definition) is 1. The third-order valence-electron chi connectivity index (χ3n) is 6.16. The molecule has 5 heteroatoms. The van der Waals surface area contributed by atoms with Crippen LogP contribution in [0.15, 0.2) is 0 Å². The minimum Gasteiger partial charge on any atom is -0.416 e. The number of hydrogen-bond acceptors (Lipinski definition) is 3. The Morgan fingerprint density at radius 3 is 1.54 bits per heavy atom. The van der Waals surface area contributed by atoms with Crippen molar-refractivity contribution in [3.63, 3.8) is 0 Å². The molecule has 3 atom stereocenters. The maximum atomic E-state index is 9.71. The lowest BCUT2D eigenvalue weighted by Gasteiger charge is -2.43. The van der Waals surface area contributed by atoms with Crippen molar-refractivity contribution in [2.75, 3.05) is 13.2 Å². The third-order valence-corrected chi connectivity index (χ3v) is 15.1. The molecule has 0 heterocycles. The van der Waals surface area contributed by atoms with Crippen LogP contribution in [-0.4, -0.2) is 41.1 Å². The molecule has 0 spiro atoms. The zero-order valence-electron chi connectivity index (χ0n) is 18.4. The van der Waals surface area contributed by atoms with Gasteiger partial charge in [0.15, 0.2) is 16.6 Å². The average molecular weight is 377 g/mol. The van der Waals surface area contributed by atoms with E-state index < -0.39 is 16.6 Å². The monoisotopic (exact) mass is 376 g/mol. The van der Waals surface area contributed by atoms with E-state index in [1.54, 1.807) is 0 Å². The first kappa shape index (κ1) is 24.3. The van der Waals surface area contributed by atoms with Gasteiger partial charge in [-0.05, 0) is 36.3 Å². The number of aliphatic hydroxyl groups excluding tert-OH is 1. The standard InChI is InChI=1S/C19H44O3Si2/c1-15(13-20)17(22-24(11,12)19(6,7)8)16(2)14-21-23(9,10)18(3,4)5/h15-17,20H,13-14H2,1-12H3/t15-,16-,17-/m1/s1. The molecule has 3 nitrogen and oxygen atoms in total. The molecule has 0 radical (unpaired) electrons. The first-order chi connectivity index (χ1) is 10.5. The summed E-state index contributed by atoms with van der Waals surface area (Å²) in [6.07, 6.45) is 0.0423. The summed E-state index contributed by atoms with van der Waals surface area (Å²) in [6.45, 7) is 27.9.